The maximum Gasteiger partial charge on any atom is 0.431 e. The molecule has 216 valence electrons. The molecule has 0 bridgehead atoms. The third-order valence-electron chi connectivity index (χ3n) is 6.34. The van der Waals surface area contributed by atoms with E-state index in [9.17, 15) is 19.8 Å². The Morgan fingerprint density at radius 2 is 2.10 bits per heavy atom. The summed E-state index contributed by atoms with van der Waals surface area (Å²) < 4.78 is 28.6. The molecule has 2 aromatic rings. The van der Waals surface area contributed by atoms with Crippen molar-refractivity contribution in [3.8, 4) is 23.8 Å². The number of hydrogen-bond acceptors (Lipinski definition) is 12. The first-order chi connectivity index (χ1) is 19.0. The number of aliphatic hydroxyl groups is 1. The number of nitrogens with one attached hydrogen (secondary N) is 1. The predicted octanol–water partition coefficient (Wildman–Crippen LogP) is 2.28. The number of benzene rings is 1. The van der Waals surface area contributed by atoms with Crippen LogP contribution in [0.2, 0.25) is 0 Å². The molecule has 40 heavy (non-hydrogen) atoms. The second kappa shape index (κ2) is 12.8. The molecule has 1 aromatic carbocycles. The molecule has 1 fully saturated rings. The zero-order chi connectivity index (χ0) is 29.6. The standard InChI is InChI=1S/C27H32N2O11/c1-8-12-27(5)23(34-6)22(39-26(33)29-36-13-9-2)20(31)25(40-27)37-17-11-10-16-19(30)18(15(4)28-35-7)24(32)38-21(16)14(17)3/h2,8,10-11,20,22-23,25,30-31H,1,12-13H2,3-7H3,(H,29,33)/t20-,22+,23-,25?,27+/m1/s1. The number of methoxy groups -OCH3 is 1. The van der Waals surface area contributed by atoms with Gasteiger partial charge in [-0.05, 0) is 39.3 Å². The summed E-state index contributed by atoms with van der Waals surface area (Å²) >= 11 is 0. The number of fused-ring (bicyclic) bond motifs is 1. The highest BCUT2D eigenvalue weighted by molar-refractivity contribution is 6.04. The van der Waals surface area contributed by atoms with Gasteiger partial charge >= 0.3 is 11.7 Å². The highest BCUT2D eigenvalue weighted by atomic mass is 16.7. The van der Waals surface area contributed by atoms with Crippen LogP contribution in [0.15, 0.2) is 39.2 Å². The highest BCUT2D eigenvalue weighted by Gasteiger charge is 2.55. The minimum absolute atomic E-state index is 0.0423. The zero-order valence-corrected chi connectivity index (χ0v) is 22.8. The first-order valence-electron chi connectivity index (χ1n) is 12.1. The summed E-state index contributed by atoms with van der Waals surface area (Å²) in [5, 5.41) is 25.9. The Labute approximate surface area is 230 Å². The molecule has 13 nitrogen and oxygen atoms in total. The molecule has 1 amide bonds. The van der Waals surface area contributed by atoms with E-state index in [2.05, 4.69) is 17.7 Å². The van der Waals surface area contributed by atoms with Gasteiger partial charge in [-0.3, -0.25) is 4.84 Å². The lowest BCUT2D eigenvalue weighted by Crippen LogP contribution is -2.66. The van der Waals surface area contributed by atoms with Gasteiger partial charge in [0, 0.05) is 12.7 Å². The third kappa shape index (κ3) is 6.05. The minimum atomic E-state index is -1.55. The van der Waals surface area contributed by atoms with Crippen molar-refractivity contribution in [2.75, 3.05) is 20.8 Å². The molecule has 13 heteroatoms. The van der Waals surface area contributed by atoms with Crippen molar-refractivity contribution in [3.05, 3.63) is 46.3 Å². The van der Waals surface area contributed by atoms with Crippen LogP contribution in [0.4, 0.5) is 4.79 Å². The van der Waals surface area contributed by atoms with Crippen molar-refractivity contribution in [2.24, 2.45) is 5.16 Å². The lowest BCUT2D eigenvalue weighted by molar-refractivity contribution is -0.309. The zero-order valence-electron chi connectivity index (χ0n) is 22.8. The van der Waals surface area contributed by atoms with Crippen LogP contribution < -0.4 is 15.8 Å². The first kappa shape index (κ1) is 30.5. The Balaban J connectivity index is 1.99. The van der Waals surface area contributed by atoms with E-state index < -0.39 is 41.9 Å². The lowest BCUT2D eigenvalue weighted by Gasteiger charge is -2.48. The number of ether oxygens (including phenoxy) is 4. The fourth-order valence-corrected chi connectivity index (χ4v) is 4.55. The summed E-state index contributed by atoms with van der Waals surface area (Å²) in [4.78, 5) is 34.5. The molecule has 0 saturated carbocycles. The summed E-state index contributed by atoms with van der Waals surface area (Å²) in [6.07, 6.45) is 0.742. The van der Waals surface area contributed by atoms with Crippen LogP contribution in [0.1, 0.15) is 31.4 Å². The highest BCUT2D eigenvalue weighted by Crippen LogP contribution is 2.39. The van der Waals surface area contributed by atoms with E-state index >= 15 is 0 Å². The molecule has 3 rings (SSSR count). The second-order valence-electron chi connectivity index (χ2n) is 9.06. The van der Waals surface area contributed by atoms with Crippen LogP contribution in [0, 0.1) is 19.3 Å². The summed E-state index contributed by atoms with van der Waals surface area (Å²) in [7, 11) is 2.68. The number of aromatic hydroxyl groups is 1. The number of carbonyl (C=O) groups excluding carboxylic acids is 1. The maximum atomic E-state index is 12.7. The van der Waals surface area contributed by atoms with E-state index in [0.29, 0.717) is 5.56 Å². The number of amides is 1. The van der Waals surface area contributed by atoms with Crippen LogP contribution in [0.3, 0.4) is 0 Å². The molecule has 0 aliphatic carbocycles. The number of terminal acetylenes is 1. The van der Waals surface area contributed by atoms with Gasteiger partial charge in [0.25, 0.3) is 0 Å². The van der Waals surface area contributed by atoms with E-state index in [0.717, 1.165) is 0 Å². The van der Waals surface area contributed by atoms with Crippen molar-refractivity contribution in [1.29, 1.82) is 0 Å². The monoisotopic (exact) mass is 560 g/mol. The summed E-state index contributed by atoms with van der Waals surface area (Å²) in [5.41, 5.74) is 0.369. The number of aliphatic hydroxyl groups excluding tert-OH is 1. The van der Waals surface area contributed by atoms with Crippen LogP contribution in [-0.4, -0.2) is 73.0 Å². The summed E-state index contributed by atoms with van der Waals surface area (Å²) in [6.45, 7) is 8.31. The Morgan fingerprint density at radius 1 is 1.38 bits per heavy atom. The molecule has 1 aliphatic rings. The average Bonchev–Trinajstić information content (AvgIpc) is 2.89. The predicted molar refractivity (Wildman–Crippen MR) is 142 cm³/mol. The number of hydroxylamine groups is 1. The van der Waals surface area contributed by atoms with Gasteiger partial charge in [-0.1, -0.05) is 17.2 Å². The van der Waals surface area contributed by atoms with E-state index in [1.165, 1.54) is 33.3 Å². The Hall–Kier alpha value is -4.09. The van der Waals surface area contributed by atoms with Crippen molar-refractivity contribution >= 4 is 22.8 Å². The molecule has 0 radical (unpaired) electrons. The molecule has 1 unspecified atom stereocenters. The van der Waals surface area contributed by atoms with Crippen molar-refractivity contribution < 1.29 is 48.0 Å². The first-order valence-corrected chi connectivity index (χ1v) is 12.1. The van der Waals surface area contributed by atoms with Gasteiger partial charge in [0.2, 0.25) is 6.29 Å². The van der Waals surface area contributed by atoms with Gasteiger partial charge < -0.3 is 38.4 Å². The van der Waals surface area contributed by atoms with Crippen LogP contribution >= 0.6 is 0 Å². The molecule has 0 spiro atoms. The third-order valence-corrected chi connectivity index (χ3v) is 6.34. The molecule has 1 aliphatic heterocycles. The van der Waals surface area contributed by atoms with E-state index in [4.69, 9.17) is 39.5 Å². The van der Waals surface area contributed by atoms with Crippen molar-refractivity contribution in [3.63, 3.8) is 0 Å². The maximum absolute atomic E-state index is 12.7. The normalized spacial score (nSPS) is 24.7. The largest absolute Gasteiger partial charge is 0.506 e. The summed E-state index contributed by atoms with van der Waals surface area (Å²) in [5.74, 6) is 2.00. The SMILES string of the molecule is C#CCONC(=O)O[C@@H]1[C@@H](OC)[C@](C)(CC=C)OC(Oc2ccc3c(O)c(C(C)=NOC)c(=O)oc3c2C)[C@@H]1O. The average molecular weight is 561 g/mol. The Bertz CT molecular complexity index is 1380. The molecule has 1 saturated heterocycles. The molecule has 2 heterocycles. The molecule has 3 N–H and O–H groups in total. The van der Waals surface area contributed by atoms with Gasteiger partial charge in [0.05, 0.1) is 11.1 Å². The topological polar surface area (TPSA) is 168 Å². The van der Waals surface area contributed by atoms with Crippen molar-refractivity contribution in [2.45, 2.75) is 57.4 Å². The number of aryl methyl sites for hydroxylation is 1. The van der Waals surface area contributed by atoms with Crippen LogP contribution in [0.25, 0.3) is 11.0 Å². The fourth-order valence-electron chi connectivity index (χ4n) is 4.55. The van der Waals surface area contributed by atoms with Gasteiger partial charge in [-0.25, -0.2) is 9.59 Å². The van der Waals surface area contributed by atoms with Gasteiger partial charge in [-0.15, -0.1) is 13.0 Å². The molecular formula is C27H32N2O11. The fraction of sp³-hybridized carbons (Fsp3) is 0.444. The minimum Gasteiger partial charge on any atom is -0.506 e. The van der Waals surface area contributed by atoms with E-state index in [1.807, 2.05) is 5.48 Å². The second-order valence-corrected chi connectivity index (χ2v) is 9.06. The van der Waals surface area contributed by atoms with Gasteiger partial charge in [0.1, 0.15) is 48.1 Å². The lowest BCUT2D eigenvalue weighted by atomic mass is 9.85. The number of hydrogen-bond donors (Lipinski definition) is 3. The number of nitrogens with zero attached hydrogens (tertiary/aromatic N) is 1. The smallest absolute Gasteiger partial charge is 0.431 e. The van der Waals surface area contributed by atoms with Crippen LogP contribution in [-0.2, 0) is 23.9 Å². The van der Waals surface area contributed by atoms with Crippen molar-refractivity contribution in [1.82, 2.24) is 5.48 Å². The Morgan fingerprint density at radius 3 is 2.73 bits per heavy atom. The van der Waals surface area contributed by atoms with Gasteiger partial charge in [-0.2, -0.15) is 5.48 Å². The quantitative estimate of drug-likeness (QED) is 0.0974. The van der Waals surface area contributed by atoms with Gasteiger partial charge in [0.15, 0.2) is 12.2 Å². The van der Waals surface area contributed by atoms with E-state index in [-0.39, 0.29) is 46.8 Å². The number of rotatable bonds is 10. The number of oxime groups is 1. The molecular weight excluding hydrogens is 528 g/mol. The molecule has 5 atom stereocenters. The van der Waals surface area contributed by atoms with E-state index in [1.54, 1.807) is 19.9 Å². The number of carbonyl (C=O) groups is 1. The summed E-state index contributed by atoms with van der Waals surface area (Å²) in [6, 6.07) is 2.98. The van der Waals surface area contributed by atoms with Crippen LogP contribution in [0.5, 0.6) is 11.5 Å². The molecule has 1 aromatic heterocycles. The Kier molecular flexibility index (Phi) is 9.78.